The maximum atomic E-state index is 13.6. The standard InChI is InChI=1S/C31H32N2O3/c1-21-8-6-7-9-26(21)23-12-10-22(11-13-23)20-33(28(34)19-31(2,3)4)29-27-15-14-25(30(35)36-5)18-24(27)16-17-32-29/h6-18H,19-20H2,1-5H3. The molecule has 1 aromatic heterocycles. The average molecular weight is 481 g/mol. The number of methoxy groups -OCH3 is 1. The summed E-state index contributed by atoms with van der Waals surface area (Å²) in [5, 5.41) is 1.63. The van der Waals surface area contributed by atoms with Crippen molar-refractivity contribution in [3.8, 4) is 11.1 Å². The maximum Gasteiger partial charge on any atom is 0.337 e. The van der Waals surface area contributed by atoms with E-state index in [0.29, 0.717) is 24.3 Å². The molecule has 0 aliphatic carbocycles. The second-order valence-corrected chi connectivity index (χ2v) is 10.3. The number of ether oxygens (including phenoxy) is 1. The highest BCUT2D eigenvalue weighted by molar-refractivity contribution is 6.04. The minimum absolute atomic E-state index is 0.00234. The van der Waals surface area contributed by atoms with Crippen molar-refractivity contribution >= 4 is 28.5 Å². The molecule has 0 spiro atoms. The summed E-state index contributed by atoms with van der Waals surface area (Å²) in [4.78, 5) is 32.0. The van der Waals surface area contributed by atoms with E-state index < -0.39 is 5.97 Å². The van der Waals surface area contributed by atoms with E-state index in [1.165, 1.54) is 18.2 Å². The van der Waals surface area contributed by atoms with Crippen molar-refractivity contribution in [3.63, 3.8) is 0 Å². The van der Waals surface area contributed by atoms with Crippen LogP contribution in [0.15, 0.2) is 79.0 Å². The Morgan fingerprint density at radius 1 is 0.944 bits per heavy atom. The van der Waals surface area contributed by atoms with Gasteiger partial charge in [-0.1, -0.05) is 69.3 Å². The molecule has 0 N–H and O–H groups in total. The first-order valence-corrected chi connectivity index (χ1v) is 12.1. The second kappa shape index (κ2) is 10.3. The molecule has 0 saturated carbocycles. The van der Waals surface area contributed by atoms with Crippen LogP contribution in [0.3, 0.4) is 0 Å². The number of pyridine rings is 1. The van der Waals surface area contributed by atoms with E-state index in [0.717, 1.165) is 21.9 Å². The number of hydrogen-bond donors (Lipinski definition) is 0. The fourth-order valence-electron chi connectivity index (χ4n) is 4.32. The molecule has 0 unspecified atom stereocenters. The minimum atomic E-state index is -0.398. The van der Waals surface area contributed by atoms with Gasteiger partial charge in [-0.15, -0.1) is 0 Å². The van der Waals surface area contributed by atoms with E-state index in [-0.39, 0.29) is 11.3 Å². The van der Waals surface area contributed by atoms with Gasteiger partial charge in [0.15, 0.2) is 0 Å². The van der Waals surface area contributed by atoms with Crippen LogP contribution in [0.4, 0.5) is 5.82 Å². The molecule has 0 saturated heterocycles. The van der Waals surface area contributed by atoms with Gasteiger partial charge in [0.1, 0.15) is 5.82 Å². The summed E-state index contributed by atoms with van der Waals surface area (Å²) in [5.41, 5.74) is 4.86. The van der Waals surface area contributed by atoms with Gasteiger partial charge in [-0.25, -0.2) is 9.78 Å². The SMILES string of the molecule is COC(=O)c1ccc2c(N(Cc3ccc(-c4ccccc4C)cc3)C(=O)CC(C)(C)C)nccc2c1. The average Bonchev–Trinajstić information content (AvgIpc) is 2.86. The number of anilines is 1. The molecule has 0 fully saturated rings. The van der Waals surface area contributed by atoms with Gasteiger partial charge in [0.05, 0.1) is 19.2 Å². The van der Waals surface area contributed by atoms with Crippen LogP contribution in [0.5, 0.6) is 0 Å². The molecular weight excluding hydrogens is 448 g/mol. The smallest absolute Gasteiger partial charge is 0.337 e. The van der Waals surface area contributed by atoms with E-state index in [9.17, 15) is 9.59 Å². The van der Waals surface area contributed by atoms with Crippen molar-refractivity contribution in [3.05, 3.63) is 95.7 Å². The van der Waals surface area contributed by atoms with Crippen LogP contribution in [-0.4, -0.2) is 24.0 Å². The Bertz CT molecular complexity index is 1400. The number of hydrogen-bond acceptors (Lipinski definition) is 4. The summed E-state index contributed by atoms with van der Waals surface area (Å²) in [6, 6.07) is 23.8. The van der Waals surface area contributed by atoms with Gasteiger partial charge in [-0.3, -0.25) is 9.69 Å². The number of nitrogens with zero attached hydrogens (tertiary/aromatic N) is 2. The number of rotatable bonds is 6. The van der Waals surface area contributed by atoms with Gasteiger partial charge in [0, 0.05) is 18.0 Å². The van der Waals surface area contributed by atoms with Gasteiger partial charge < -0.3 is 4.74 Å². The number of fused-ring (bicyclic) bond motifs is 1. The van der Waals surface area contributed by atoms with Crippen LogP contribution in [0.2, 0.25) is 0 Å². The Morgan fingerprint density at radius 3 is 2.33 bits per heavy atom. The summed E-state index contributed by atoms with van der Waals surface area (Å²) in [6.45, 7) is 8.67. The topological polar surface area (TPSA) is 59.5 Å². The normalized spacial score (nSPS) is 11.4. The van der Waals surface area contributed by atoms with E-state index in [1.807, 2.05) is 24.3 Å². The van der Waals surface area contributed by atoms with Crippen LogP contribution in [-0.2, 0) is 16.1 Å². The number of amides is 1. The molecule has 4 rings (SSSR count). The molecule has 5 nitrogen and oxygen atoms in total. The number of carbonyl (C=O) groups is 2. The summed E-state index contributed by atoms with van der Waals surface area (Å²) < 4.78 is 4.86. The third-order valence-corrected chi connectivity index (χ3v) is 6.15. The third-order valence-electron chi connectivity index (χ3n) is 6.15. The molecule has 1 heterocycles. The molecular formula is C31H32N2O3. The van der Waals surface area contributed by atoms with Crippen molar-refractivity contribution in [1.82, 2.24) is 4.98 Å². The number of esters is 1. The lowest BCUT2D eigenvalue weighted by Gasteiger charge is -2.27. The Hall–Kier alpha value is -3.99. The number of aromatic nitrogens is 1. The lowest BCUT2D eigenvalue weighted by atomic mass is 9.91. The first kappa shape index (κ1) is 25.1. The quantitative estimate of drug-likeness (QED) is 0.280. The predicted molar refractivity (Wildman–Crippen MR) is 145 cm³/mol. The van der Waals surface area contributed by atoms with E-state index in [4.69, 9.17) is 4.74 Å². The monoisotopic (exact) mass is 480 g/mol. The zero-order chi connectivity index (χ0) is 25.9. The van der Waals surface area contributed by atoms with E-state index in [1.54, 1.807) is 23.2 Å². The maximum absolute atomic E-state index is 13.6. The van der Waals surface area contributed by atoms with Gasteiger partial charge in [-0.05, 0) is 64.2 Å². The van der Waals surface area contributed by atoms with Crippen LogP contribution < -0.4 is 4.90 Å². The largest absolute Gasteiger partial charge is 0.465 e. The van der Waals surface area contributed by atoms with Crippen LogP contribution in [0, 0.1) is 12.3 Å². The Labute approximate surface area is 212 Å². The Balaban J connectivity index is 1.72. The van der Waals surface area contributed by atoms with Crippen molar-refractivity contribution in [2.45, 2.75) is 40.7 Å². The lowest BCUT2D eigenvalue weighted by Crippen LogP contribution is -2.34. The zero-order valence-corrected chi connectivity index (χ0v) is 21.5. The highest BCUT2D eigenvalue weighted by Crippen LogP contribution is 2.30. The van der Waals surface area contributed by atoms with Crippen molar-refractivity contribution < 1.29 is 14.3 Å². The van der Waals surface area contributed by atoms with E-state index in [2.05, 4.69) is 69.1 Å². The zero-order valence-electron chi connectivity index (χ0n) is 21.5. The summed E-state index contributed by atoms with van der Waals surface area (Å²) in [5.74, 6) is 0.188. The van der Waals surface area contributed by atoms with Crippen molar-refractivity contribution in [1.29, 1.82) is 0 Å². The van der Waals surface area contributed by atoms with Gasteiger partial charge in [-0.2, -0.15) is 0 Å². The molecule has 184 valence electrons. The lowest BCUT2D eigenvalue weighted by molar-refractivity contribution is -0.120. The minimum Gasteiger partial charge on any atom is -0.465 e. The molecule has 1 amide bonds. The second-order valence-electron chi connectivity index (χ2n) is 10.3. The Kier molecular flexibility index (Phi) is 7.20. The predicted octanol–water partition coefficient (Wildman–Crippen LogP) is 6.97. The van der Waals surface area contributed by atoms with Gasteiger partial charge in [0.2, 0.25) is 5.91 Å². The third kappa shape index (κ3) is 5.62. The van der Waals surface area contributed by atoms with Crippen LogP contribution in [0.1, 0.15) is 48.7 Å². The van der Waals surface area contributed by atoms with Crippen molar-refractivity contribution in [2.24, 2.45) is 5.41 Å². The van der Waals surface area contributed by atoms with Crippen LogP contribution >= 0.6 is 0 Å². The number of aryl methyl sites for hydroxylation is 1. The fourth-order valence-corrected chi connectivity index (χ4v) is 4.32. The Morgan fingerprint density at radius 2 is 1.67 bits per heavy atom. The van der Waals surface area contributed by atoms with E-state index >= 15 is 0 Å². The summed E-state index contributed by atoms with van der Waals surface area (Å²) in [6.07, 6.45) is 2.06. The summed E-state index contributed by atoms with van der Waals surface area (Å²) in [7, 11) is 1.36. The molecule has 0 radical (unpaired) electrons. The molecule has 0 aliphatic rings. The highest BCUT2D eigenvalue weighted by Gasteiger charge is 2.25. The summed E-state index contributed by atoms with van der Waals surface area (Å²) >= 11 is 0. The number of carbonyl (C=O) groups excluding carboxylic acids is 2. The fraction of sp³-hybridized carbons (Fsp3) is 0.258. The van der Waals surface area contributed by atoms with Crippen LogP contribution in [0.25, 0.3) is 21.9 Å². The number of benzene rings is 3. The first-order valence-electron chi connectivity index (χ1n) is 12.1. The molecule has 4 aromatic rings. The molecule has 36 heavy (non-hydrogen) atoms. The van der Waals surface area contributed by atoms with Crippen molar-refractivity contribution in [2.75, 3.05) is 12.0 Å². The molecule has 0 atom stereocenters. The molecule has 0 bridgehead atoms. The first-order chi connectivity index (χ1) is 17.2. The van der Waals surface area contributed by atoms with Gasteiger partial charge in [0.25, 0.3) is 0 Å². The highest BCUT2D eigenvalue weighted by atomic mass is 16.5. The molecule has 5 heteroatoms. The molecule has 0 aliphatic heterocycles. The van der Waals surface area contributed by atoms with Gasteiger partial charge >= 0.3 is 5.97 Å². The molecule has 3 aromatic carbocycles.